The molecule has 2 rings (SSSR count). The average Bonchev–Trinajstić information content (AvgIpc) is 2.23. The molecule has 2 fully saturated rings. The lowest BCUT2D eigenvalue weighted by molar-refractivity contribution is -0.232. The van der Waals surface area contributed by atoms with Crippen LogP contribution >= 0.6 is 0 Å². The van der Waals surface area contributed by atoms with Crippen LogP contribution in [-0.4, -0.2) is 37.0 Å². The van der Waals surface area contributed by atoms with Gasteiger partial charge in [-0.3, -0.25) is 0 Å². The van der Waals surface area contributed by atoms with Crippen molar-refractivity contribution >= 4 is 0 Å². The van der Waals surface area contributed by atoms with Gasteiger partial charge in [0.15, 0.2) is 12.6 Å². The first-order valence-electron chi connectivity index (χ1n) is 5.41. The van der Waals surface area contributed by atoms with E-state index >= 15 is 0 Å². The first kappa shape index (κ1) is 10.4. The van der Waals surface area contributed by atoms with Gasteiger partial charge < -0.3 is 19.3 Å². The van der Waals surface area contributed by atoms with Crippen molar-refractivity contribution < 1.29 is 19.3 Å². The summed E-state index contributed by atoms with van der Waals surface area (Å²) < 4.78 is 16.3. The molecule has 2 aliphatic heterocycles. The summed E-state index contributed by atoms with van der Waals surface area (Å²) >= 11 is 0. The normalized spacial score (nSPS) is 39.6. The van der Waals surface area contributed by atoms with Crippen molar-refractivity contribution in [2.45, 2.75) is 50.8 Å². The molecule has 0 saturated carbocycles. The number of aliphatic hydroxyl groups is 1. The Balaban J connectivity index is 1.68. The van der Waals surface area contributed by atoms with Gasteiger partial charge in [-0.05, 0) is 25.7 Å². The molecule has 0 amide bonds. The smallest absolute Gasteiger partial charge is 0.158 e. The quantitative estimate of drug-likeness (QED) is 0.726. The second kappa shape index (κ2) is 5.07. The van der Waals surface area contributed by atoms with E-state index in [2.05, 4.69) is 0 Å². The molecular formula is C10H18O4. The minimum atomic E-state index is -0.595. The van der Waals surface area contributed by atoms with Gasteiger partial charge >= 0.3 is 0 Å². The van der Waals surface area contributed by atoms with Gasteiger partial charge in [-0.2, -0.15) is 0 Å². The number of aliphatic hydroxyl groups excluding tert-OH is 1. The molecule has 0 aromatic heterocycles. The highest BCUT2D eigenvalue weighted by atomic mass is 16.7. The van der Waals surface area contributed by atoms with Crippen molar-refractivity contribution in [3.63, 3.8) is 0 Å². The molecule has 0 aromatic rings. The van der Waals surface area contributed by atoms with Gasteiger partial charge in [0.2, 0.25) is 0 Å². The van der Waals surface area contributed by atoms with E-state index in [-0.39, 0.29) is 12.4 Å². The second-order valence-corrected chi connectivity index (χ2v) is 3.92. The van der Waals surface area contributed by atoms with E-state index in [9.17, 15) is 0 Å². The monoisotopic (exact) mass is 202 g/mol. The van der Waals surface area contributed by atoms with E-state index in [1.807, 2.05) is 0 Å². The highest BCUT2D eigenvalue weighted by Crippen LogP contribution is 2.20. The third kappa shape index (κ3) is 2.92. The highest BCUT2D eigenvalue weighted by molar-refractivity contribution is 4.66. The van der Waals surface area contributed by atoms with Gasteiger partial charge in [-0.15, -0.1) is 0 Å². The van der Waals surface area contributed by atoms with Crippen molar-refractivity contribution in [2.24, 2.45) is 0 Å². The fraction of sp³-hybridized carbons (Fsp3) is 1.00. The van der Waals surface area contributed by atoms with Gasteiger partial charge in [0.25, 0.3) is 0 Å². The summed E-state index contributed by atoms with van der Waals surface area (Å²) in [7, 11) is 0. The molecule has 82 valence electrons. The summed E-state index contributed by atoms with van der Waals surface area (Å²) in [6, 6.07) is 0. The van der Waals surface area contributed by atoms with Gasteiger partial charge in [-0.1, -0.05) is 0 Å². The number of hydrogen-bond acceptors (Lipinski definition) is 4. The van der Waals surface area contributed by atoms with E-state index in [1.54, 1.807) is 0 Å². The molecule has 0 aromatic carbocycles. The molecule has 2 saturated heterocycles. The Morgan fingerprint density at radius 2 is 2.00 bits per heavy atom. The van der Waals surface area contributed by atoms with Crippen molar-refractivity contribution in [2.75, 3.05) is 13.2 Å². The molecule has 3 unspecified atom stereocenters. The summed E-state index contributed by atoms with van der Waals surface area (Å²) in [6.07, 6.45) is 4.29. The van der Waals surface area contributed by atoms with E-state index in [4.69, 9.17) is 19.3 Å². The van der Waals surface area contributed by atoms with Crippen LogP contribution in [-0.2, 0) is 14.2 Å². The first-order valence-corrected chi connectivity index (χ1v) is 5.41. The summed E-state index contributed by atoms with van der Waals surface area (Å²) in [6.45, 7) is 1.29. The third-order valence-corrected chi connectivity index (χ3v) is 2.69. The lowest BCUT2D eigenvalue weighted by Gasteiger charge is -2.31. The predicted molar refractivity (Wildman–Crippen MR) is 49.7 cm³/mol. The van der Waals surface area contributed by atoms with Crippen LogP contribution in [0.1, 0.15) is 32.1 Å². The van der Waals surface area contributed by atoms with E-state index in [0.717, 1.165) is 25.9 Å². The molecule has 0 spiro atoms. The fourth-order valence-electron chi connectivity index (χ4n) is 1.85. The maximum atomic E-state index is 9.12. The largest absolute Gasteiger partial charge is 0.368 e. The van der Waals surface area contributed by atoms with Crippen LogP contribution in [0, 0.1) is 0 Å². The highest BCUT2D eigenvalue weighted by Gasteiger charge is 2.24. The molecule has 14 heavy (non-hydrogen) atoms. The first-order chi connectivity index (χ1) is 6.84. The SMILES string of the molecule is OC1CCC(OC2CCCCO2)CO1. The Bertz CT molecular complexity index is 160. The van der Waals surface area contributed by atoms with Crippen molar-refractivity contribution in [1.29, 1.82) is 0 Å². The average molecular weight is 202 g/mol. The van der Waals surface area contributed by atoms with Crippen LogP contribution in [0.4, 0.5) is 0 Å². The Labute approximate surface area is 84.1 Å². The minimum absolute atomic E-state index is 0.0485. The predicted octanol–water partition coefficient (Wildman–Crippen LogP) is 1.03. The van der Waals surface area contributed by atoms with Crippen molar-refractivity contribution in [3.8, 4) is 0 Å². The van der Waals surface area contributed by atoms with Crippen LogP contribution in [0.15, 0.2) is 0 Å². The topological polar surface area (TPSA) is 47.9 Å². The summed E-state index contributed by atoms with van der Waals surface area (Å²) in [5.41, 5.74) is 0. The van der Waals surface area contributed by atoms with Crippen molar-refractivity contribution in [1.82, 2.24) is 0 Å². The molecule has 0 radical (unpaired) electrons. The molecular weight excluding hydrogens is 184 g/mol. The molecule has 0 bridgehead atoms. The van der Waals surface area contributed by atoms with Crippen LogP contribution in [0.2, 0.25) is 0 Å². The Kier molecular flexibility index (Phi) is 3.75. The molecule has 4 nitrogen and oxygen atoms in total. The van der Waals surface area contributed by atoms with Gasteiger partial charge in [0.05, 0.1) is 12.7 Å². The standard InChI is InChI=1S/C10H18O4/c11-9-5-4-8(7-13-9)14-10-3-1-2-6-12-10/h8-11H,1-7H2. The van der Waals surface area contributed by atoms with Crippen LogP contribution in [0.3, 0.4) is 0 Å². The zero-order valence-electron chi connectivity index (χ0n) is 8.35. The summed E-state index contributed by atoms with van der Waals surface area (Å²) in [5.74, 6) is 0. The van der Waals surface area contributed by atoms with Gasteiger partial charge in [0.1, 0.15) is 0 Å². The van der Waals surface area contributed by atoms with E-state index in [1.165, 1.54) is 6.42 Å². The van der Waals surface area contributed by atoms with Gasteiger partial charge in [-0.25, -0.2) is 0 Å². The van der Waals surface area contributed by atoms with E-state index in [0.29, 0.717) is 13.0 Å². The fourth-order valence-corrected chi connectivity index (χ4v) is 1.85. The lowest BCUT2D eigenvalue weighted by atomic mass is 10.1. The van der Waals surface area contributed by atoms with Crippen molar-refractivity contribution in [3.05, 3.63) is 0 Å². The molecule has 0 aliphatic carbocycles. The Hall–Kier alpha value is -0.160. The molecule has 2 aliphatic rings. The summed E-state index contributed by atoms with van der Waals surface area (Å²) in [4.78, 5) is 0. The third-order valence-electron chi connectivity index (χ3n) is 2.69. The maximum absolute atomic E-state index is 9.12. The van der Waals surface area contributed by atoms with Gasteiger partial charge in [0, 0.05) is 13.0 Å². The van der Waals surface area contributed by atoms with E-state index < -0.39 is 6.29 Å². The second-order valence-electron chi connectivity index (χ2n) is 3.92. The van der Waals surface area contributed by atoms with Crippen LogP contribution < -0.4 is 0 Å². The number of hydrogen-bond donors (Lipinski definition) is 1. The molecule has 1 N–H and O–H groups in total. The molecule has 3 atom stereocenters. The zero-order chi connectivity index (χ0) is 9.80. The Morgan fingerprint density at radius 1 is 1.07 bits per heavy atom. The number of rotatable bonds is 2. The summed E-state index contributed by atoms with van der Waals surface area (Å²) in [5, 5.41) is 9.12. The Morgan fingerprint density at radius 3 is 2.64 bits per heavy atom. The molecule has 2 heterocycles. The lowest BCUT2D eigenvalue weighted by Crippen LogP contribution is -2.35. The zero-order valence-corrected chi connectivity index (χ0v) is 8.35. The van der Waals surface area contributed by atoms with Crippen LogP contribution in [0.25, 0.3) is 0 Å². The number of ether oxygens (including phenoxy) is 3. The molecule has 4 heteroatoms. The maximum Gasteiger partial charge on any atom is 0.158 e. The van der Waals surface area contributed by atoms with Crippen LogP contribution in [0.5, 0.6) is 0 Å². The minimum Gasteiger partial charge on any atom is -0.368 e.